The number of halogens is 2. The zero-order chi connectivity index (χ0) is 35.0. The number of hydrogen-bond acceptors (Lipinski definition) is 0. The first-order valence-corrected chi connectivity index (χ1v) is 19.8. The van der Waals surface area contributed by atoms with Crippen molar-refractivity contribution in [1.29, 1.82) is 0 Å². The molecule has 0 aliphatic heterocycles. The molecule has 0 saturated heterocycles. The predicted molar refractivity (Wildman–Crippen MR) is 215 cm³/mol. The number of aromatic nitrogens is 3. The highest BCUT2D eigenvalue weighted by Gasteiger charge is 2.13. The molecule has 3 nitrogen and oxygen atoms in total. The van der Waals surface area contributed by atoms with E-state index in [1.54, 1.807) is 0 Å². The van der Waals surface area contributed by atoms with E-state index in [4.69, 9.17) is 0 Å². The van der Waals surface area contributed by atoms with E-state index in [-0.39, 0.29) is 0 Å². The monoisotopic (exact) mass is 794 g/mol. The van der Waals surface area contributed by atoms with E-state index in [0.29, 0.717) is 0 Å². The standard InChI is InChI=1S/C46H42Br2N3/c1-2-35-3-9-38(10-4-35)32-49-21-15-41(16-22-49)44-27-45(42-17-23-50(24-18-42)33-39-11-5-36(30-47)6-12-39)29-46(28-44)43-19-25-51(26-20-43)34-40-13-7-37(31-48)8-14-40/h3-29H,2,30-34H2,1H3/q+3. The Morgan fingerprint density at radius 2 is 0.588 bits per heavy atom. The maximum absolute atomic E-state index is 3.55. The average molecular weight is 797 g/mol. The van der Waals surface area contributed by atoms with Gasteiger partial charge in [0.1, 0.15) is 0 Å². The van der Waals surface area contributed by atoms with Gasteiger partial charge >= 0.3 is 0 Å². The van der Waals surface area contributed by atoms with Crippen molar-refractivity contribution in [2.24, 2.45) is 0 Å². The van der Waals surface area contributed by atoms with Crippen molar-refractivity contribution in [3.05, 3.63) is 198 Å². The van der Waals surface area contributed by atoms with Gasteiger partial charge in [-0.2, -0.15) is 0 Å². The molecule has 0 amide bonds. The van der Waals surface area contributed by atoms with E-state index in [1.807, 2.05) is 0 Å². The molecule has 3 aromatic heterocycles. The number of benzene rings is 4. The molecule has 0 saturated carbocycles. The molecule has 0 N–H and O–H groups in total. The second-order valence-electron chi connectivity index (χ2n) is 13.1. The molecular formula is C46H42Br2N3+3. The van der Waals surface area contributed by atoms with E-state index >= 15 is 0 Å². The van der Waals surface area contributed by atoms with Gasteiger partial charge < -0.3 is 0 Å². The fraction of sp³-hybridized carbons (Fsp3) is 0.152. The SMILES string of the molecule is CCc1ccc(C[n+]2ccc(-c3cc(-c4cc[n+](Cc5ccc(CBr)cc5)cc4)cc(-c4cc[n+](Cc5ccc(CBr)cc5)cc4)c3)cc2)cc1. The van der Waals surface area contributed by atoms with Crippen LogP contribution in [-0.2, 0) is 36.7 Å². The number of nitrogens with zero attached hydrogens (tertiary/aromatic N) is 3. The zero-order valence-corrected chi connectivity index (χ0v) is 32.1. The van der Waals surface area contributed by atoms with Gasteiger partial charge in [0, 0.05) is 63.7 Å². The van der Waals surface area contributed by atoms with Crippen LogP contribution >= 0.6 is 31.9 Å². The molecule has 252 valence electrons. The van der Waals surface area contributed by atoms with Crippen LogP contribution in [-0.4, -0.2) is 0 Å². The highest BCUT2D eigenvalue weighted by atomic mass is 79.9. The Balaban J connectivity index is 1.17. The topological polar surface area (TPSA) is 11.6 Å². The summed E-state index contributed by atoms with van der Waals surface area (Å²) in [6.07, 6.45) is 14.2. The van der Waals surface area contributed by atoms with Gasteiger partial charge in [-0.3, -0.25) is 0 Å². The van der Waals surface area contributed by atoms with Crippen molar-refractivity contribution in [1.82, 2.24) is 0 Å². The molecule has 7 rings (SSSR count). The van der Waals surface area contributed by atoms with Gasteiger partial charge in [0.05, 0.1) is 0 Å². The van der Waals surface area contributed by atoms with Crippen LogP contribution < -0.4 is 13.7 Å². The summed E-state index contributed by atoms with van der Waals surface area (Å²) in [6, 6.07) is 46.9. The molecule has 0 bridgehead atoms. The third-order valence-electron chi connectivity index (χ3n) is 9.49. The van der Waals surface area contributed by atoms with Gasteiger partial charge in [0.15, 0.2) is 56.8 Å². The molecule has 4 aromatic carbocycles. The second-order valence-corrected chi connectivity index (χ2v) is 14.3. The highest BCUT2D eigenvalue weighted by molar-refractivity contribution is 9.08. The molecule has 0 spiro atoms. The minimum Gasteiger partial charge on any atom is -0.201 e. The average Bonchev–Trinajstić information content (AvgIpc) is 3.19. The number of hydrogen-bond donors (Lipinski definition) is 0. The fourth-order valence-electron chi connectivity index (χ4n) is 6.37. The minimum atomic E-state index is 0.839. The quantitative estimate of drug-likeness (QED) is 0.0863. The van der Waals surface area contributed by atoms with Crippen LogP contribution in [0, 0.1) is 0 Å². The third kappa shape index (κ3) is 8.97. The van der Waals surface area contributed by atoms with E-state index in [1.165, 1.54) is 66.8 Å². The van der Waals surface area contributed by atoms with Crippen molar-refractivity contribution in [3.8, 4) is 33.4 Å². The fourth-order valence-corrected chi connectivity index (χ4v) is 7.12. The Hall–Kier alpha value is -4.71. The molecule has 5 heteroatoms. The van der Waals surface area contributed by atoms with Gasteiger partial charge in [-0.1, -0.05) is 112 Å². The molecule has 0 aliphatic rings. The first kappa shape index (κ1) is 34.7. The highest BCUT2D eigenvalue weighted by Crippen LogP contribution is 2.32. The van der Waals surface area contributed by atoms with Crippen LogP contribution in [0.3, 0.4) is 0 Å². The molecule has 0 aliphatic carbocycles. The van der Waals surface area contributed by atoms with Gasteiger partial charge in [-0.15, -0.1) is 0 Å². The van der Waals surface area contributed by atoms with Crippen molar-refractivity contribution in [3.63, 3.8) is 0 Å². The normalized spacial score (nSPS) is 11.1. The number of alkyl halides is 2. The van der Waals surface area contributed by atoms with Gasteiger partial charge in [0.25, 0.3) is 0 Å². The van der Waals surface area contributed by atoms with Crippen LogP contribution in [0.4, 0.5) is 0 Å². The Morgan fingerprint density at radius 3 is 0.843 bits per heavy atom. The van der Waals surface area contributed by atoms with E-state index in [9.17, 15) is 0 Å². The maximum Gasteiger partial charge on any atom is 0.173 e. The first-order chi connectivity index (χ1) is 25.0. The Bertz CT molecular complexity index is 1910. The molecule has 0 atom stereocenters. The van der Waals surface area contributed by atoms with Gasteiger partial charge in [0.2, 0.25) is 0 Å². The van der Waals surface area contributed by atoms with E-state index in [0.717, 1.165) is 36.7 Å². The largest absolute Gasteiger partial charge is 0.201 e. The Labute approximate surface area is 318 Å². The molecule has 0 fully saturated rings. The van der Waals surface area contributed by atoms with Crippen LogP contribution in [0.2, 0.25) is 0 Å². The second kappa shape index (κ2) is 16.5. The molecule has 51 heavy (non-hydrogen) atoms. The van der Waals surface area contributed by atoms with Crippen molar-refractivity contribution in [2.45, 2.75) is 43.6 Å². The smallest absolute Gasteiger partial charge is 0.173 e. The number of rotatable bonds is 12. The van der Waals surface area contributed by atoms with Crippen molar-refractivity contribution < 1.29 is 13.7 Å². The zero-order valence-electron chi connectivity index (χ0n) is 28.9. The van der Waals surface area contributed by atoms with Gasteiger partial charge in [-0.05, 0) is 74.7 Å². The Morgan fingerprint density at radius 1 is 0.333 bits per heavy atom. The lowest BCUT2D eigenvalue weighted by molar-refractivity contribution is -0.688. The van der Waals surface area contributed by atoms with Crippen LogP contribution in [0.15, 0.2) is 165 Å². The summed E-state index contributed by atoms with van der Waals surface area (Å²) in [4.78, 5) is 0. The summed E-state index contributed by atoms with van der Waals surface area (Å²) in [7, 11) is 0. The summed E-state index contributed by atoms with van der Waals surface area (Å²) in [5.74, 6) is 0. The number of aryl methyl sites for hydroxylation is 1. The summed E-state index contributed by atoms with van der Waals surface area (Å²) in [5, 5.41) is 1.75. The summed E-state index contributed by atoms with van der Waals surface area (Å²) in [6.45, 7) is 4.73. The molecule has 0 unspecified atom stereocenters. The maximum atomic E-state index is 3.55. The Kier molecular flexibility index (Phi) is 11.3. The lowest BCUT2D eigenvalue weighted by Gasteiger charge is -2.11. The minimum absolute atomic E-state index is 0.839. The molecule has 0 radical (unpaired) electrons. The van der Waals surface area contributed by atoms with Crippen LogP contribution in [0.1, 0.15) is 40.3 Å². The molecular weight excluding hydrogens is 754 g/mol. The van der Waals surface area contributed by atoms with Gasteiger partial charge in [-0.25, -0.2) is 13.7 Å². The van der Waals surface area contributed by atoms with Crippen molar-refractivity contribution >= 4 is 31.9 Å². The van der Waals surface area contributed by atoms with Crippen LogP contribution in [0.25, 0.3) is 33.4 Å². The lowest BCUT2D eigenvalue weighted by atomic mass is 9.94. The summed E-state index contributed by atoms with van der Waals surface area (Å²) in [5.41, 5.74) is 15.0. The van der Waals surface area contributed by atoms with E-state index < -0.39 is 0 Å². The molecule has 3 heterocycles. The lowest BCUT2D eigenvalue weighted by Crippen LogP contribution is -2.33. The molecule has 7 aromatic rings. The van der Waals surface area contributed by atoms with Crippen LogP contribution in [0.5, 0.6) is 0 Å². The summed E-state index contributed by atoms with van der Waals surface area (Å²) < 4.78 is 6.74. The first-order valence-electron chi connectivity index (χ1n) is 17.5. The third-order valence-corrected chi connectivity index (χ3v) is 10.8. The predicted octanol–water partition coefficient (Wildman–Crippen LogP) is 10.0. The summed E-state index contributed by atoms with van der Waals surface area (Å²) >= 11 is 7.10. The van der Waals surface area contributed by atoms with Crippen molar-refractivity contribution in [2.75, 3.05) is 0 Å². The number of pyridine rings is 3. The van der Waals surface area contributed by atoms with E-state index in [2.05, 4.69) is 217 Å².